The fourth-order valence-corrected chi connectivity index (χ4v) is 6.03. The van der Waals surface area contributed by atoms with Crippen molar-refractivity contribution in [1.82, 2.24) is 10.2 Å². The lowest BCUT2D eigenvalue weighted by molar-refractivity contribution is -0.139. The zero-order valence-corrected chi connectivity index (χ0v) is 20.7. The number of carbonyl (C=O) groups is 4. The number of rotatable bonds is 4. The van der Waals surface area contributed by atoms with E-state index >= 15 is 0 Å². The van der Waals surface area contributed by atoms with Gasteiger partial charge in [-0.25, -0.2) is 0 Å². The number of hydrogen-bond acceptors (Lipinski definition) is 6. The summed E-state index contributed by atoms with van der Waals surface area (Å²) in [6, 6.07) is 3.51. The number of ketones is 1. The van der Waals surface area contributed by atoms with Crippen molar-refractivity contribution in [3.8, 4) is 0 Å². The van der Waals surface area contributed by atoms with Crippen molar-refractivity contribution >= 4 is 46.5 Å². The summed E-state index contributed by atoms with van der Waals surface area (Å²) in [6.45, 7) is 4.73. The predicted octanol–water partition coefficient (Wildman–Crippen LogP) is 2.15. The monoisotopic (exact) mass is 502 g/mol. The molecule has 1 aliphatic carbocycles. The highest BCUT2D eigenvalue weighted by atomic mass is 35.5. The van der Waals surface area contributed by atoms with Crippen molar-refractivity contribution < 1.29 is 23.9 Å². The van der Waals surface area contributed by atoms with Crippen molar-refractivity contribution in [3.05, 3.63) is 23.8 Å². The van der Waals surface area contributed by atoms with Gasteiger partial charge in [0, 0.05) is 12.1 Å². The minimum absolute atomic E-state index is 0.0419. The third-order valence-corrected chi connectivity index (χ3v) is 8.20. The molecule has 4 atom stereocenters. The molecule has 4 aliphatic rings. The second-order valence-electron chi connectivity index (χ2n) is 10.8. The minimum atomic E-state index is -0.765. The van der Waals surface area contributed by atoms with Crippen molar-refractivity contribution in [2.45, 2.75) is 63.1 Å². The first-order chi connectivity index (χ1) is 16.6. The van der Waals surface area contributed by atoms with Gasteiger partial charge in [0.25, 0.3) is 5.91 Å². The number of alkyl halides is 1. The van der Waals surface area contributed by atoms with Crippen LogP contribution in [0.4, 0.5) is 11.4 Å². The maximum atomic E-state index is 13.9. The highest BCUT2D eigenvalue weighted by Crippen LogP contribution is 2.40. The van der Waals surface area contributed by atoms with Gasteiger partial charge in [0.05, 0.1) is 23.3 Å². The summed E-state index contributed by atoms with van der Waals surface area (Å²) in [6.07, 6.45) is 3.01. The fraction of sp³-hybridized carbons (Fsp3) is 0.600. The van der Waals surface area contributed by atoms with Gasteiger partial charge in [0.2, 0.25) is 11.8 Å². The van der Waals surface area contributed by atoms with Crippen LogP contribution in [-0.2, 0) is 19.1 Å². The van der Waals surface area contributed by atoms with Gasteiger partial charge < -0.3 is 25.6 Å². The lowest BCUT2D eigenvalue weighted by atomic mass is 9.71. The molecule has 0 radical (unpaired) electrons. The number of benzene rings is 1. The molecule has 2 saturated heterocycles. The fourth-order valence-electron chi connectivity index (χ4n) is 5.67. The quantitative estimate of drug-likeness (QED) is 0.543. The first kappa shape index (κ1) is 24.1. The Labute approximate surface area is 209 Å². The molecule has 188 valence electrons. The Morgan fingerprint density at radius 1 is 1.20 bits per heavy atom. The smallest absolute Gasteiger partial charge is 0.252 e. The van der Waals surface area contributed by atoms with E-state index in [4.69, 9.17) is 16.3 Å². The van der Waals surface area contributed by atoms with E-state index in [2.05, 4.69) is 29.8 Å². The summed E-state index contributed by atoms with van der Waals surface area (Å²) in [7, 11) is 0. The molecule has 0 bridgehead atoms. The largest absolute Gasteiger partial charge is 0.374 e. The second-order valence-corrected chi connectivity index (χ2v) is 11.4. The molecule has 5 rings (SSSR count). The molecular formula is C25H31ClN4O5. The van der Waals surface area contributed by atoms with Crippen LogP contribution < -0.4 is 16.0 Å². The molecule has 3 amide bonds. The summed E-state index contributed by atoms with van der Waals surface area (Å²) in [5.41, 5.74) is 1.84. The third kappa shape index (κ3) is 4.63. The Bertz CT molecular complexity index is 1070. The second kappa shape index (κ2) is 9.09. The molecule has 1 saturated carbocycles. The van der Waals surface area contributed by atoms with Crippen LogP contribution in [0.1, 0.15) is 49.9 Å². The standard InChI is InChI=1S/C25H31ClN4O5/c1-25(2)7-5-13(6-8-25)20(24(34)30-11-15(26)22-21(30)18(31)12-35-22)29-23(33)14-3-4-16-17(9-14)27-10-19(32)28-16/h3-4,9,13,15,20-22,27H,5-8,10-12H2,1-2H3,(H,28,32)(H,29,33)/t15-,20-,21+,22+/m0/s1. The zero-order chi connectivity index (χ0) is 24.9. The summed E-state index contributed by atoms with van der Waals surface area (Å²) in [5, 5.41) is 8.30. The molecule has 1 aromatic rings. The number of nitrogens with zero attached hydrogens (tertiary/aromatic N) is 1. The Morgan fingerprint density at radius 3 is 2.69 bits per heavy atom. The van der Waals surface area contributed by atoms with E-state index in [0.29, 0.717) is 16.9 Å². The van der Waals surface area contributed by atoms with Gasteiger partial charge in [0.1, 0.15) is 24.8 Å². The Balaban J connectivity index is 1.39. The average molecular weight is 503 g/mol. The zero-order valence-electron chi connectivity index (χ0n) is 19.9. The van der Waals surface area contributed by atoms with Gasteiger partial charge in [-0.1, -0.05) is 13.8 Å². The van der Waals surface area contributed by atoms with Crippen LogP contribution in [0.3, 0.4) is 0 Å². The van der Waals surface area contributed by atoms with E-state index in [0.717, 1.165) is 25.7 Å². The van der Waals surface area contributed by atoms with E-state index in [1.165, 1.54) is 4.90 Å². The van der Waals surface area contributed by atoms with Crippen LogP contribution >= 0.6 is 11.6 Å². The van der Waals surface area contributed by atoms with Crippen molar-refractivity contribution in [1.29, 1.82) is 0 Å². The van der Waals surface area contributed by atoms with E-state index < -0.39 is 23.6 Å². The van der Waals surface area contributed by atoms with Crippen molar-refractivity contribution in [2.24, 2.45) is 11.3 Å². The Hall–Kier alpha value is -2.65. The summed E-state index contributed by atoms with van der Waals surface area (Å²) in [4.78, 5) is 52.8. The molecule has 0 unspecified atom stereocenters. The van der Waals surface area contributed by atoms with Gasteiger partial charge >= 0.3 is 0 Å². The van der Waals surface area contributed by atoms with Crippen LogP contribution in [0.2, 0.25) is 0 Å². The molecular weight excluding hydrogens is 472 g/mol. The predicted molar refractivity (Wildman–Crippen MR) is 130 cm³/mol. The van der Waals surface area contributed by atoms with Crippen LogP contribution in [0.15, 0.2) is 18.2 Å². The molecule has 3 aliphatic heterocycles. The van der Waals surface area contributed by atoms with Gasteiger partial charge in [-0.15, -0.1) is 11.6 Å². The molecule has 9 nitrogen and oxygen atoms in total. The van der Waals surface area contributed by atoms with Crippen LogP contribution in [0.5, 0.6) is 0 Å². The number of ether oxygens (including phenoxy) is 1. The lowest BCUT2D eigenvalue weighted by Crippen LogP contribution is -2.55. The molecule has 0 spiro atoms. The van der Waals surface area contributed by atoms with Crippen molar-refractivity contribution in [3.63, 3.8) is 0 Å². The Morgan fingerprint density at radius 2 is 1.94 bits per heavy atom. The maximum Gasteiger partial charge on any atom is 0.252 e. The number of nitrogens with one attached hydrogen (secondary N) is 3. The lowest BCUT2D eigenvalue weighted by Gasteiger charge is -2.39. The topological polar surface area (TPSA) is 117 Å². The molecule has 10 heteroatoms. The van der Waals surface area contributed by atoms with Gasteiger partial charge in [-0.3, -0.25) is 19.2 Å². The van der Waals surface area contributed by atoms with Crippen LogP contribution in [-0.4, -0.2) is 71.7 Å². The maximum absolute atomic E-state index is 13.9. The number of likely N-dealkylation sites (tertiary alicyclic amines) is 1. The molecule has 3 heterocycles. The van der Waals surface area contributed by atoms with Crippen LogP contribution in [0, 0.1) is 11.3 Å². The summed E-state index contributed by atoms with van der Waals surface area (Å²) in [5.74, 6) is -0.985. The van der Waals surface area contributed by atoms with Gasteiger partial charge in [-0.2, -0.15) is 0 Å². The number of fused-ring (bicyclic) bond motifs is 2. The number of halogens is 1. The molecule has 3 N–H and O–H groups in total. The summed E-state index contributed by atoms with van der Waals surface area (Å²) >= 11 is 6.43. The SMILES string of the molecule is CC1(C)CCC([C@H](NC(=O)c2ccc3c(c2)NCC(=O)N3)C(=O)N2C[C@H](Cl)[C@H]3OCC(=O)[C@H]32)CC1. The van der Waals surface area contributed by atoms with Gasteiger partial charge in [-0.05, 0) is 55.2 Å². The van der Waals surface area contributed by atoms with Gasteiger partial charge in [0.15, 0.2) is 5.78 Å². The first-order valence-corrected chi connectivity index (χ1v) is 12.6. The number of hydrogen-bond donors (Lipinski definition) is 3. The number of amides is 3. The molecule has 1 aromatic carbocycles. The van der Waals surface area contributed by atoms with E-state index in [9.17, 15) is 19.2 Å². The number of anilines is 2. The number of carbonyl (C=O) groups excluding carboxylic acids is 4. The minimum Gasteiger partial charge on any atom is -0.374 e. The number of Topliss-reactive ketones (excluding diaryl/α,β-unsaturated/α-hetero) is 1. The highest BCUT2D eigenvalue weighted by Gasteiger charge is 2.53. The summed E-state index contributed by atoms with van der Waals surface area (Å²) < 4.78 is 5.55. The van der Waals surface area contributed by atoms with Crippen LogP contribution in [0.25, 0.3) is 0 Å². The van der Waals surface area contributed by atoms with E-state index in [-0.39, 0.29) is 54.5 Å². The molecule has 3 fully saturated rings. The third-order valence-electron chi connectivity index (χ3n) is 7.81. The molecule has 0 aromatic heterocycles. The van der Waals surface area contributed by atoms with Crippen molar-refractivity contribution in [2.75, 3.05) is 30.3 Å². The van der Waals surface area contributed by atoms with E-state index in [1.54, 1.807) is 18.2 Å². The highest BCUT2D eigenvalue weighted by molar-refractivity contribution is 6.22. The Kier molecular flexibility index (Phi) is 6.25. The van der Waals surface area contributed by atoms with E-state index in [1.807, 2.05) is 0 Å². The normalized spacial score (nSPS) is 28.5. The first-order valence-electron chi connectivity index (χ1n) is 12.2. The average Bonchev–Trinajstić information content (AvgIpc) is 3.37. The molecule has 35 heavy (non-hydrogen) atoms.